The monoisotopic (exact) mass is 362 g/mol. The number of nitro groups is 1. The second kappa shape index (κ2) is 7.03. The number of aryl methyl sites for hydroxylation is 2. The van der Waals surface area contributed by atoms with Crippen molar-refractivity contribution in [2.45, 2.75) is 19.4 Å². The Morgan fingerprint density at radius 3 is 2.67 bits per heavy atom. The Bertz CT molecular complexity index is 1000. The van der Waals surface area contributed by atoms with Crippen LogP contribution >= 0.6 is 0 Å². The summed E-state index contributed by atoms with van der Waals surface area (Å²) in [7, 11) is 1.67. The molecule has 0 radical (unpaired) electrons. The lowest BCUT2D eigenvalue weighted by molar-refractivity contribution is -0.384. The van der Waals surface area contributed by atoms with Crippen molar-refractivity contribution in [3.63, 3.8) is 0 Å². The smallest absolute Gasteiger partial charge is 0.269 e. The normalized spacial score (nSPS) is 12.0. The van der Waals surface area contributed by atoms with Gasteiger partial charge in [0.25, 0.3) is 5.69 Å². The number of benzene rings is 2. The van der Waals surface area contributed by atoms with Crippen LogP contribution in [0.25, 0.3) is 11.3 Å². The first kappa shape index (κ1) is 17.0. The van der Waals surface area contributed by atoms with Gasteiger partial charge in [0, 0.05) is 30.4 Å². The average Bonchev–Trinajstić information content (AvgIpc) is 2.71. The Kier molecular flexibility index (Phi) is 4.42. The van der Waals surface area contributed by atoms with E-state index in [2.05, 4.69) is 16.4 Å². The second-order valence-electron chi connectivity index (χ2n) is 6.37. The van der Waals surface area contributed by atoms with Crippen LogP contribution in [-0.4, -0.2) is 22.0 Å². The van der Waals surface area contributed by atoms with Gasteiger partial charge in [-0.05, 0) is 47.7 Å². The van der Waals surface area contributed by atoms with Gasteiger partial charge >= 0.3 is 0 Å². The number of aromatic nitrogens is 2. The van der Waals surface area contributed by atoms with Crippen LogP contribution in [0.2, 0.25) is 0 Å². The van der Waals surface area contributed by atoms with E-state index in [4.69, 9.17) is 9.72 Å². The molecule has 0 amide bonds. The highest BCUT2D eigenvalue weighted by molar-refractivity contribution is 5.71. The van der Waals surface area contributed by atoms with Gasteiger partial charge in [-0.3, -0.25) is 10.1 Å². The molecular weight excluding hydrogens is 344 g/mol. The zero-order valence-electron chi connectivity index (χ0n) is 14.8. The zero-order valence-corrected chi connectivity index (χ0v) is 14.8. The third-order valence-electron chi connectivity index (χ3n) is 4.69. The minimum Gasteiger partial charge on any atom is -0.497 e. The Morgan fingerprint density at radius 1 is 1.15 bits per heavy atom. The van der Waals surface area contributed by atoms with E-state index >= 15 is 0 Å². The molecule has 0 spiro atoms. The zero-order chi connectivity index (χ0) is 18.8. The largest absolute Gasteiger partial charge is 0.497 e. The van der Waals surface area contributed by atoms with Crippen molar-refractivity contribution in [1.82, 2.24) is 9.97 Å². The number of anilines is 1. The van der Waals surface area contributed by atoms with Crippen LogP contribution in [0.3, 0.4) is 0 Å². The third-order valence-corrected chi connectivity index (χ3v) is 4.69. The van der Waals surface area contributed by atoms with E-state index < -0.39 is 4.92 Å². The van der Waals surface area contributed by atoms with E-state index in [0.717, 1.165) is 41.0 Å². The number of rotatable bonds is 5. The molecule has 0 bridgehead atoms. The molecule has 4 rings (SSSR count). The Balaban J connectivity index is 1.54. The predicted octanol–water partition coefficient (Wildman–Crippen LogP) is 3.77. The highest BCUT2D eigenvalue weighted by atomic mass is 16.6. The van der Waals surface area contributed by atoms with Gasteiger partial charge in [-0.1, -0.05) is 12.1 Å². The maximum absolute atomic E-state index is 10.7. The van der Waals surface area contributed by atoms with E-state index in [1.165, 1.54) is 17.7 Å². The van der Waals surface area contributed by atoms with Gasteiger partial charge < -0.3 is 10.1 Å². The molecule has 0 aliphatic heterocycles. The van der Waals surface area contributed by atoms with Crippen LogP contribution in [0, 0.1) is 10.1 Å². The number of nitrogens with zero attached hydrogens (tertiary/aromatic N) is 3. The Labute approximate surface area is 156 Å². The van der Waals surface area contributed by atoms with Crippen LogP contribution in [0.15, 0.2) is 48.7 Å². The van der Waals surface area contributed by atoms with E-state index in [1.807, 2.05) is 18.3 Å². The third kappa shape index (κ3) is 3.44. The fourth-order valence-electron chi connectivity index (χ4n) is 3.23. The lowest BCUT2D eigenvalue weighted by Crippen LogP contribution is -2.10. The van der Waals surface area contributed by atoms with Crippen LogP contribution in [0.4, 0.5) is 11.6 Å². The fourth-order valence-corrected chi connectivity index (χ4v) is 3.23. The number of non-ortho nitro benzene ring substituents is 1. The van der Waals surface area contributed by atoms with Crippen LogP contribution < -0.4 is 10.1 Å². The topological polar surface area (TPSA) is 90.2 Å². The van der Waals surface area contributed by atoms with Crippen LogP contribution in [0.5, 0.6) is 5.75 Å². The highest BCUT2D eigenvalue weighted by Crippen LogP contribution is 2.34. The fraction of sp³-hybridized carbons (Fsp3) is 0.200. The van der Waals surface area contributed by atoms with Crippen molar-refractivity contribution in [2.24, 2.45) is 0 Å². The van der Waals surface area contributed by atoms with Gasteiger partial charge in [-0.2, -0.15) is 0 Å². The number of nitro benzene ring substituents is 1. The van der Waals surface area contributed by atoms with Gasteiger partial charge in [0.15, 0.2) is 0 Å². The lowest BCUT2D eigenvalue weighted by Gasteiger charge is -2.20. The molecule has 0 saturated carbocycles. The summed E-state index contributed by atoms with van der Waals surface area (Å²) in [4.78, 5) is 19.4. The maximum atomic E-state index is 10.7. The first-order chi connectivity index (χ1) is 13.1. The van der Waals surface area contributed by atoms with E-state index in [1.54, 1.807) is 19.2 Å². The second-order valence-corrected chi connectivity index (χ2v) is 6.37. The minimum absolute atomic E-state index is 0.0795. The number of hydrogen-bond donors (Lipinski definition) is 1. The van der Waals surface area contributed by atoms with Gasteiger partial charge in [-0.25, -0.2) is 9.97 Å². The number of methoxy groups -OCH3 is 1. The molecule has 1 aliphatic carbocycles. The van der Waals surface area contributed by atoms with Gasteiger partial charge in [0.05, 0.1) is 17.7 Å². The summed E-state index contributed by atoms with van der Waals surface area (Å²) in [6.45, 7) is 0.492. The quantitative estimate of drug-likeness (QED) is 0.549. The summed E-state index contributed by atoms with van der Waals surface area (Å²) in [5.74, 6) is 1.39. The van der Waals surface area contributed by atoms with Crippen LogP contribution in [-0.2, 0) is 19.4 Å². The van der Waals surface area contributed by atoms with Gasteiger partial charge in [0.1, 0.15) is 5.75 Å². The molecule has 0 fully saturated rings. The first-order valence-electron chi connectivity index (χ1n) is 8.64. The molecule has 0 saturated heterocycles. The minimum atomic E-state index is -0.407. The highest BCUT2D eigenvalue weighted by Gasteiger charge is 2.19. The van der Waals surface area contributed by atoms with Crippen molar-refractivity contribution in [1.29, 1.82) is 0 Å². The molecule has 1 N–H and O–H groups in total. The summed E-state index contributed by atoms with van der Waals surface area (Å²) in [5.41, 5.74) is 5.41. The van der Waals surface area contributed by atoms with Crippen molar-refractivity contribution < 1.29 is 9.66 Å². The molecule has 1 heterocycles. The molecule has 136 valence electrons. The SMILES string of the molecule is COc1ccc2c(c1)CCc1cnc(NCc3ccc([N+](=O)[O-])cc3)nc1-2. The van der Waals surface area contributed by atoms with Crippen LogP contribution in [0.1, 0.15) is 16.7 Å². The molecule has 1 aliphatic rings. The molecule has 1 aromatic heterocycles. The average molecular weight is 362 g/mol. The molecule has 7 heteroatoms. The summed E-state index contributed by atoms with van der Waals surface area (Å²) in [5, 5.41) is 13.9. The maximum Gasteiger partial charge on any atom is 0.269 e. The first-order valence-corrected chi connectivity index (χ1v) is 8.64. The van der Waals surface area contributed by atoms with Crippen molar-refractivity contribution in [2.75, 3.05) is 12.4 Å². The Hall–Kier alpha value is -3.48. The molecule has 7 nitrogen and oxygen atoms in total. The lowest BCUT2D eigenvalue weighted by atomic mass is 9.90. The van der Waals surface area contributed by atoms with Gasteiger partial charge in [0.2, 0.25) is 5.95 Å². The van der Waals surface area contributed by atoms with Crippen molar-refractivity contribution in [3.8, 4) is 17.0 Å². The van der Waals surface area contributed by atoms with Gasteiger partial charge in [-0.15, -0.1) is 0 Å². The summed E-state index contributed by atoms with van der Waals surface area (Å²) in [6, 6.07) is 12.5. The summed E-state index contributed by atoms with van der Waals surface area (Å²) in [6.07, 6.45) is 3.71. The van der Waals surface area contributed by atoms with E-state index in [0.29, 0.717) is 12.5 Å². The number of fused-ring (bicyclic) bond motifs is 3. The van der Waals surface area contributed by atoms with E-state index in [-0.39, 0.29) is 5.69 Å². The molecule has 3 aromatic rings. The standard InChI is InChI=1S/C20H18N4O3/c1-27-17-8-9-18-14(10-17)4-5-15-12-22-20(23-19(15)18)21-11-13-2-6-16(7-3-13)24(25)26/h2-3,6-10,12H,4-5,11H2,1H3,(H,21,22,23). The summed E-state index contributed by atoms with van der Waals surface area (Å²) < 4.78 is 5.32. The number of nitrogens with one attached hydrogen (secondary N) is 1. The molecule has 0 unspecified atom stereocenters. The molecule has 2 aromatic carbocycles. The predicted molar refractivity (Wildman–Crippen MR) is 102 cm³/mol. The summed E-state index contributed by atoms with van der Waals surface area (Å²) >= 11 is 0. The molecule has 27 heavy (non-hydrogen) atoms. The van der Waals surface area contributed by atoms with Crippen molar-refractivity contribution in [3.05, 3.63) is 75.5 Å². The molecule has 0 atom stereocenters. The molecular formula is C20H18N4O3. The van der Waals surface area contributed by atoms with Crippen molar-refractivity contribution >= 4 is 11.6 Å². The number of hydrogen-bond acceptors (Lipinski definition) is 6. The Morgan fingerprint density at radius 2 is 1.93 bits per heavy atom. The number of ether oxygens (including phenoxy) is 1. The van der Waals surface area contributed by atoms with E-state index in [9.17, 15) is 10.1 Å².